The number of hydrogen-bond donors (Lipinski definition) is 0. The fourth-order valence-corrected chi connectivity index (χ4v) is 1.97. The van der Waals surface area contributed by atoms with Crippen LogP contribution >= 0.6 is 15.9 Å². The van der Waals surface area contributed by atoms with Crippen LogP contribution in [0, 0.1) is 17.2 Å². The van der Waals surface area contributed by atoms with Gasteiger partial charge in [-0.2, -0.15) is 5.26 Å². The third kappa shape index (κ3) is 3.32. The van der Waals surface area contributed by atoms with Crippen LogP contribution in [0.4, 0.5) is 0 Å². The van der Waals surface area contributed by atoms with Crippen molar-refractivity contribution in [1.29, 1.82) is 5.26 Å². The van der Waals surface area contributed by atoms with Gasteiger partial charge in [-0.25, -0.2) is 4.98 Å². The molecule has 1 aromatic rings. The lowest BCUT2D eigenvalue weighted by Gasteiger charge is -2.19. The molecule has 3 heteroatoms. The Hall–Kier alpha value is -0.880. The Morgan fingerprint density at radius 1 is 1.53 bits per heavy atom. The lowest BCUT2D eigenvalue weighted by molar-refractivity contribution is 0.442. The first kappa shape index (κ1) is 12.2. The zero-order chi connectivity index (χ0) is 11.3. The van der Waals surface area contributed by atoms with Gasteiger partial charge in [-0.15, -0.1) is 0 Å². The Labute approximate surface area is 99.5 Å². The number of halogens is 1. The van der Waals surface area contributed by atoms with Crippen molar-refractivity contribution < 1.29 is 0 Å². The molecule has 0 N–H and O–H groups in total. The molecule has 0 aliphatic heterocycles. The minimum Gasteiger partial charge on any atom is -0.246 e. The van der Waals surface area contributed by atoms with Crippen molar-refractivity contribution in [3.63, 3.8) is 0 Å². The van der Waals surface area contributed by atoms with Crippen molar-refractivity contribution in [2.75, 3.05) is 0 Å². The maximum atomic E-state index is 8.82. The van der Waals surface area contributed by atoms with Crippen LogP contribution in [0.5, 0.6) is 0 Å². The highest BCUT2D eigenvalue weighted by molar-refractivity contribution is 9.10. The molecule has 2 unspecified atom stereocenters. The second kappa shape index (κ2) is 5.87. The molecule has 0 aliphatic rings. The third-order valence-corrected chi connectivity index (χ3v) is 3.20. The summed E-state index contributed by atoms with van der Waals surface area (Å²) in [6.45, 7) is 4.32. The summed E-state index contributed by atoms with van der Waals surface area (Å²) in [6.07, 6.45) is 1.61. The molecule has 0 radical (unpaired) electrons. The number of rotatable bonds is 4. The molecule has 15 heavy (non-hydrogen) atoms. The predicted molar refractivity (Wildman–Crippen MR) is 64.4 cm³/mol. The topological polar surface area (TPSA) is 36.7 Å². The van der Waals surface area contributed by atoms with E-state index < -0.39 is 0 Å². The standard InChI is InChI=1S/C12H15BrN2/c1-3-9(2)10(7-8-14)11-5-4-6-12(13)15-11/h4-6,9-10H,3,7H2,1-2H3. The van der Waals surface area contributed by atoms with Gasteiger partial charge in [0.2, 0.25) is 0 Å². The van der Waals surface area contributed by atoms with Crippen LogP contribution in [-0.4, -0.2) is 4.98 Å². The molecule has 1 heterocycles. The van der Waals surface area contributed by atoms with E-state index in [1.165, 1.54) is 0 Å². The summed E-state index contributed by atoms with van der Waals surface area (Å²) in [5.74, 6) is 0.740. The highest BCUT2D eigenvalue weighted by Gasteiger charge is 2.19. The van der Waals surface area contributed by atoms with Gasteiger partial charge in [0.05, 0.1) is 6.07 Å². The van der Waals surface area contributed by atoms with Gasteiger partial charge in [-0.05, 0) is 34.0 Å². The van der Waals surface area contributed by atoms with E-state index in [9.17, 15) is 0 Å². The molecule has 80 valence electrons. The van der Waals surface area contributed by atoms with Gasteiger partial charge in [0.1, 0.15) is 4.60 Å². The SMILES string of the molecule is CCC(C)C(CC#N)c1cccc(Br)n1. The first-order valence-corrected chi connectivity index (χ1v) is 5.97. The average molecular weight is 267 g/mol. The molecule has 1 rings (SSSR count). The number of hydrogen-bond acceptors (Lipinski definition) is 2. The number of aromatic nitrogens is 1. The zero-order valence-electron chi connectivity index (χ0n) is 9.07. The molecule has 0 fully saturated rings. The van der Waals surface area contributed by atoms with E-state index in [1.54, 1.807) is 0 Å². The second-order valence-electron chi connectivity index (χ2n) is 3.74. The molecule has 2 atom stereocenters. The molecule has 0 saturated heterocycles. The van der Waals surface area contributed by atoms with E-state index in [0.717, 1.165) is 16.7 Å². The summed E-state index contributed by atoms with van der Waals surface area (Å²) in [6, 6.07) is 8.12. The molecule has 0 spiro atoms. The third-order valence-electron chi connectivity index (χ3n) is 2.76. The fourth-order valence-electron chi connectivity index (χ4n) is 1.61. The molecular formula is C12H15BrN2. The van der Waals surface area contributed by atoms with Crippen LogP contribution in [0.1, 0.15) is 38.3 Å². The van der Waals surface area contributed by atoms with Crippen molar-refractivity contribution in [2.24, 2.45) is 5.92 Å². The monoisotopic (exact) mass is 266 g/mol. The highest BCUT2D eigenvalue weighted by atomic mass is 79.9. The van der Waals surface area contributed by atoms with E-state index in [-0.39, 0.29) is 5.92 Å². The molecule has 0 aromatic carbocycles. The van der Waals surface area contributed by atoms with E-state index >= 15 is 0 Å². The summed E-state index contributed by atoms with van der Waals surface area (Å²) in [7, 11) is 0. The van der Waals surface area contributed by atoms with Gasteiger partial charge in [-0.1, -0.05) is 26.3 Å². The summed E-state index contributed by atoms with van der Waals surface area (Å²) in [5, 5.41) is 8.82. The van der Waals surface area contributed by atoms with Gasteiger partial charge >= 0.3 is 0 Å². The summed E-state index contributed by atoms with van der Waals surface area (Å²) < 4.78 is 0.839. The first-order valence-electron chi connectivity index (χ1n) is 5.18. The van der Waals surface area contributed by atoms with Crippen molar-refractivity contribution in [3.8, 4) is 6.07 Å². The molecule has 0 bridgehead atoms. The Balaban J connectivity index is 2.94. The van der Waals surface area contributed by atoms with Gasteiger partial charge in [0, 0.05) is 18.0 Å². The van der Waals surface area contributed by atoms with Crippen LogP contribution in [0.3, 0.4) is 0 Å². The van der Waals surface area contributed by atoms with Crippen molar-refractivity contribution >= 4 is 15.9 Å². The molecule has 1 aromatic heterocycles. The molecule has 0 saturated carbocycles. The highest BCUT2D eigenvalue weighted by Crippen LogP contribution is 2.29. The largest absolute Gasteiger partial charge is 0.246 e. The van der Waals surface area contributed by atoms with E-state index in [0.29, 0.717) is 12.3 Å². The predicted octanol–water partition coefficient (Wildman–Crippen LogP) is 3.89. The van der Waals surface area contributed by atoms with Crippen LogP contribution < -0.4 is 0 Å². The van der Waals surface area contributed by atoms with E-state index in [4.69, 9.17) is 5.26 Å². The maximum Gasteiger partial charge on any atom is 0.106 e. The molecule has 0 aliphatic carbocycles. The summed E-state index contributed by atoms with van der Waals surface area (Å²) >= 11 is 3.36. The average Bonchev–Trinajstić information content (AvgIpc) is 2.25. The lowest BCUT2D eigenvalue weighted by atomic mass is 9.86. The minimum absolute atomic E-state index is 0.248. The Morgan fingerprint density at radius 3 is 2.80 bits per heavy atom. The Bertz CT molecular complexity index is 357. The van der Waals surface area contributed by atoms with Crippen LogP contribution in [-0.2, 0) is 0 Å². The van der Waals surface area contributed by atoms with Crippen LogP contribution in [0.25, 0.3) is 0 Å². The second-order valence-corrected chi connectivity index (χ2v) is 4.55. The Morgan fingerprint density at radius 2 is 2.27 bits per heavy atom. The number of pyridine rings is 1. The van der Waals surface area contributed by atoms with Crippen molar-refractivity contribution in [3.05, 3.63) is 28.5 Å². The van der Waals surface area contributed by atoms with Gasteiger partial charge < -0.3 is 0 Å². The number of nitriles is 1. The van der Waals surface area contributed by atoms with E-state index in [2.05, 4.69) is 40.8 Å². The van der Waals surface area contributed by atoms with Crippen molar-refractivity contribution in [1.82, 2.24) is 4.98 Å². The van der Waals surface area contributed by atoms with Gasteiger partial charge in [-0.3, -0.25) is 0 Å². The van der Waals surface area contributed by atoms with Crippen LogP contribution in [0.2, 0.25) is 0 Å². The smallest absolute Gasteiger partial charge is 0.106 e. The van der Waals surface area contributed by atoms with Crippen LogP contribution in [0.15, 0.2) is 22.8 Å². The summed E-state index contributed by atoms with van der Waals surface area (Å²) in [4.78, 5) is 4.43. The van der Waals surface area contributed by atoms with Gasteiger partial charge in [0.15, 0.2) is 0 Å². The quantitative estimate of drug-likeness (QED) is 0.776. The lowest BCUT2D eigenvalue weighted by Crippen LogP contribution is -2.10. The minimum atomic E-state index is 0.248. The van der Waals surface area contributed by atoms with E-state index in [1.807, 2.05) is 18.2 Å². The molecular weight excluding hydrogens is 252 g/mol. The zero-order valence-corrected chi connectivity index (χ0v) is 10.7. The molecule has 0 amide bonds. The maximum absolute atomic E-state index is 8.82. The van der Waals surface area contributed by atoms with Crippen molar-refractivity contribution in [2.45, 2.75) is 32.6 Å². The number of nitrogens with zero attached hydrogens (tertiary/aromatic N) is 2. The first-order chi connectivity index (χ1) is 7.19. The van der Waals surface area contributed by atoms with Gasteiger partial charge in [0.25, 0.3) is 0 Å². The summed E-state index contributed by atoms with van der Waals surface area (Å²) in [5.41, 5.74) is 1.01. The Kier molecular flexibility index (Phi) is 4.77. The molecule has 2 nitrogen and oxygen atoms in total. The normalized spacial score (nSPS) is 14.3. The fraction of sp³-hybridized carbons (Fsp3) is 0.500.